The predicted molar refractivity (Wildman–Crippen MR) is 101 cm³/mol. The van der Waals surface area contributed by atoms with Crippen LogP contribution in [0, 0.1) is 0 Å². The molecular weight excluding hydrogens is 368 g/mol. The molecule has 142 valence electrons. The molecule has 1 amide bonds. The summed E-state index contributed by atoms with van der Waals surface area (Å²) in [5.41, 5.74) is 1.92. The van der Waals surface area contributed by atoms with Crippen molar-refractivity contribution < 1.29 is 23.1 Å². The quantitative estimate of drug-likeness (QED) is 0.759. The highest BCUT2D eigenvalue weighted by Gasteiger charge is 2.21. The van der Waals surface area contributed by atoms with Crippen LogP contribution in [0.5, 0.6) is 0 Å². The van der Waals surface area contributed by atoms with Gasteiger partial charge in [0.05, 0.1) is 4.90 Å². The highest BCUT2D eigenvalue weighted by Crippen LogP contribution is 2.24. The van der Waals surface area contributed by atoms with Gasteiger partial charge in [0.1, 0.15) is 0 Å². The van der Waals surface area contributed by atoms with Gasteiger partial charge in [-0.2, -0.15) is 0 Å². The van der Waals surface area contributed by atoms with Crippen molar-refractivity contribution >= 4 is 33.3 Å². The van der Waals surface area contributed by atoms with E-state index in [1.54, 1.807) is 41.3 Å². The van der Waals surface area contributed by atoms with E-state index in [2.05, 4.69) is 4.72 Å². The Morgan fingerprint density at radius 2 is 1.74 bits per heavy atom. The zero-order valence-electron chi connectivity index (χ0n) is 14.6. The average Bonchev–Trinajstić information content (AvgIpc) is 3.07. The molecule has 7 nitrogen and oxygen atoms in total. The largest absolute Gasteiger partial charge is 0.481 e. The van der Waals surface area contributed by atoms with E-state index >= 15 is 0 Å². The van der Waals surface area contributed by atoms with Gasteiger partial charge < -0.3 is 10.0 Å². The molecule has 1 saturated heterocycles. The number of hydrogen-bond donors (Lipinski definition) is 2. The van der Waals surface area contributed by atoms with E-state index in [1.807, 2.05) is 0 Å². The van der Waals surface area contributed by atoms with Crippen molar-refractivity contribution in [3.8, 4) is 0 Å². The fourth-order valence-corrected chi connectivity index (χ4v) is 3.99. The number of anilines is 2. The van der Waals surface area contributed by atoms with Crippen LogP contribution >= 0.6 is 0 Å². The first kappa shape index (κ1) is 18.9. The van der Waals surface area contributed by atoms with E-state index in [9.17, 15) is 18.0 Å². The lowest BCUT2D eigenvalue weighted by molar-refractivity contribution is -0.137. The monoisotopic (exact) mass is 388 g/mol. The molecule has 1 aliphatic heterocycles. The van der Waals surface area contributed by atoms with Crippen LogP contribution in [0.25, 0.3) is 0 Å². The number of benzene rings is 2. The van der Waals surface area contributed by atoms with E-state index in [4.69, 9.17) is 5.11 Å². The van der Waals surface area contributed by atoms with Crippen LogP contribution in [0.1, 0.15) is 24.8 Å². The number of nitrogens with one attached hydrogen (secondary N) is 1. The molecular formula is C19H20N2O5S. The number of sulfonamides is 1. The Hall–Kier alpha value is -2.87. The normalized spacial score (nSPS) is 14.4. The molecule has 0 spiro atoms. The molecule has 0 bridgehead atoms. The van der Waals surface area contributed by atoms with Crippen molar-refractivity contribution in [2.24, 2.45) is 0 Å². The Morgan fingerprint density at radius 3 is 2.30 bits per heavy atom. The van der Waals surface area contributed by atoms with E-state index in [1.165, 1.54) is 12.1 Å². The van der Waals surface area contributed by atoms with Crippen LogP contribution < -0.4 is 9.62 Å². The van der Waals surface area contributed by atoms with Gasteiger partial charge in [0, 0.05) is 30.8 Å². The van der Waals surface area contributed by atoms with E-state index in [0.29, 0.717) is 25.1 Å². The van der Waals surface area contributed by atoms with Gasteiger partial charge >= 0.3 is 5.97 Å². The maximum atomic E-state index is 12.5. The zero-order valence-corrected chi connectivity index (χ0v) is 15.4. The van der Waals surface area contributed by atoms with Gasteiger partial charge in [-0.15, -0.1) is 0 Å². The summed E-state index contributed by atoms with van der Waals surface area (Å²) in [6, 6.07) is 12.8. The minimum atomic E-state index is -3.75. The molecule has 0 atom stereocenters. The van der Waals surface area contributed by atoms with Crippen LogP contribution in [0.15, 0.2) is 53.4 Å². The standard InChI is InChI=1S/C19H20N2O5S/c22-18-2-1-13-21(18)16-8-6-15(7-9-16)20-27(25,26)17-10-3-14(4-11-17)5-12-19(23)24/h3-4,6-11,20H,1-2,5,12-13H2,(H,23,24). The highest BCUT2D eigenvalue weighted by molar-refractivity contribution is 7.92. The molecule has 2 aromatic carbocycles. The number of carbonyl (C=O) groups is 2. The van der Waals surface area contributed by atoms with Crippen molar-refractivity contribution in [2.45, 2.75) is 30.6 Å². The number of aryl methyl sites for hydroxylation is 1. The number of amides is 1. The van der Waals surface area contributed by atoms with E-state index < -0.39 is 16.0 Å². The molecule has 1 aliphatic rings. The van der Waals surface area contributed by atoms with Crippen molar-refractivity contribution in [3.05, 3.63) is 54.1 Å². The summed E-state index contributed by atoms with van der Waals surface area (Å²) in [6.07, 6.45) is 1.71. The van der Waals surface area contributed by atoms with Crippen LogP contribution in [0.2, 0.25) is 0 Å². The Bertz CT molecular complexity index is 937. The van der Waals surface area contributed by atoms with Gasteiger partial charge in [-0.3, -0.25) is 14.3 Å². The van der Waals surface area contributed by atoms with Crippen LogP contribution in [0.4, 0.5) is 11.4 Å². The molecule has 0 radical (unpaired) electrons. The summed E-state index contributed by atoms with van der Waals surface area (Å²) in [4.78, 5) is 24.2. The Balaban J connectivity index is 1.68. The molecule has 0 unspecified atom stereocenters. The zero-order chi connectivity index (χ0) is 19.4. The Labute approximate surface area is 157 Å². The number of rotatable bonds is 7. The number of carboxylic acid groups (broad SMARTS) is 1. The summed E-state index contributed by atoms with van der Waals surface area (Å²) in [7, 11) is -3.75. The second-order valence-electron chi connectivity index (χ2n) is 6.34. The van der Waals surface area contributed by atoms with Crippen molar-refractivity contribution in [2.75, 3.05) is 16.2 Å². The van der Waals surface area contributed by atoms with E-state index in [0.717, 1.165) is 17.7 Å². The van der Waals surface area contributed by atoms with Gasteiger partial charge in [-0.1, -0.05) is 12.1 Å². The van der Waals surface area contributed by atoms with Crippen molar-refractivity contribution in [1.82, 2.24) is 0 Å². The number of carbonyl (C=O) groups excluding carboxylic acids is 1. The Kier molecular flexibility index (Phi) is 5.46. The smallest absolute Gasteiger partial charge is 0.303 e. The molecule has 2 N–H and O–H groups in total. The lowest BCUT2D eigenvalue weighted by Gasteiger charge is -2.16. The second-order valence-corrected chi connectivity index (χ2v) is 8.02. The first-order valence-corrected chi connectivity index (χ1v) is 10.1. The summed E-state index contributed by atoms with van der Waals surface area (Å²) < 4.78 is 27.5. The fourth-order valence-electron chi connectivity index (χ4n) is 2.93. The van der Waals surface area contributed by atoms with Crippen molar-refractivity contribution in [3.63, 3.8) is 0 Å². The summed E-state index contributed by atoms with van der Waals surface area (Å²) in [6.45, 7) is 0.679. The number of hydrogen-bond acceptors (Lipinski definition) is 4. The first-order chi connectivity index (χ1) is 12.8. The van der Waals surface area contributed by atoms with Gasteiger partial charge in [0.15, 0.2) is 0 Å². The maximum absolute atomic E-state index is 12.5. The SMILES string of the molecule is O=C(O)CCc1ccc(S(=O)(=O)Nc2ccc(N3CCCC3=O)cc2)cc1. The molecule has 8 heteroatoms. The topological polar surface area (TPSA) is 104 Å². The van der Waals surface area contributed by atoms with Crippen LogP contribution in [-0.4, -0.2) is 31.9 Å². The first-order valence-electron chi connectivity index (χ1n) is 8.59. The minimum Gasteiger partial charge on any atom is -0.481 e. The predicted octanol–water partition coefficient (Wildman–Crippen LogP) is 2.63. The molecule has 0 saturated carbocycles. The third-order valence-corrected chi connectivity index (χ3v) is 5.76. The summed E-state index contributed by atoms with van der Waals surface area (Å²) in [5.74, 6) is -0.821. The molecule has 3 rings (SSSR count). The highest BCUT2D eigenvalue weighted by atomic mass is 32.2. The fraction of sp³-hybridized carbons (Fsp3) is 0.263. The van der Waals surface area contributed by atoms with Gasteiger partial charge in [0.2, 0.25) is 5.91 Å². The van der Waals surface area contributed by atoms with Gasteiger partial charge in [0.25, 0.3) is 10.0 Å². The maximum Gasteiger partial charge on any atom is 0.303 e. The molecule has 0 aliphatic carbocycles. The summed E-state index contributed by atoms with van der Waals surface area (Å²) >= 11 is 0. The molecule has 2 aromatic rings. The molecule has 0 aromatic heterocycles. The lowest BCUT2D eigenvalue weighted by atomic mass is 10.1. The van der Waals surface area contributed by atoms with Crippen LogP contribution in [0.3, 0.4) is 0 Å². The number of carboxylic acids is 1. The second kappa shape index (κ2) is 7.79. The third kappa shape index (κ3) is 4.65. The lowest BCUT2D eigenvalue weighted by Crippen LogP contribution is -2.23. The van der Waals surface area contributed by atoms with Crippen molar-refractivity contribution in [1.29, 1.82) is 0 Å². The number of aliphatic carboxylic acids is 1. The minimum absolute atomic E-state index is 0.00375. The van der Waals surface area contributed by atoms with Gasteiger partial charge in [-0.25, -0.2) is 8.42 Å². The van der Waals surface area contributed by atoms with Crippen LogP contribution in [-0.2, 0) is 26.0 Å². The van der Waals surface area contributed by atoms with E-state index in [-0.39, 0.29) is 17.2 Å². The summed E-state index contributed by atoms with van der Waals surface area (Å²) in [5, 5.41) is 8.70. The third-order valence-electron chi connectivity index (χ3n) is 4.37. The molecule has 27 heavy (non-hydrogen) atoms. The average molecular weight is 388 g/mol. The Morgan fingerprint density at radius 1 is 1.07 bits per heavy atom. The molecule has 1 heterocycles. The molecule has 1 fully saturated rings. The van der Waals surface area contributed by atoms with Gasteiger partial charge in [-0.05, 0) is 54.8 Å². The number of nitrogens with zero attached hydrogens (tertiary/aromatic N) is 1.